The minimum absolute atomic E-state index is 0.0477. The molecule has 4 unspecified atom stereocenters. The van der Waals surface area contributed by atoms with Crippen molar-refractivity contribution in [3.8, 4) is 0 Å². The lowest BCUT2D eigenvalue weighted by atomic mass is 9.85. The molecule has 3 fully saturated rings. The number of hydrogen-bond donors (Lipinski definition) is 3. The third kappa shape index (κ3) is 15.5. The fraction of sp³-hybridized carbons (Fsp3) is 0.735. The van der Waals surface area contributed by atoms with Gasteiger partial charge in [0, 0.05) is 51.4 Å². The van der Waals surface area contributed by atoms with Crippen LogP contribution in [0.15, 0.2) is 47.6 Å². The monoisotopic (exact) mass is 856 g/mol. The quantitative estimate of drug-likeness (QED) is 0.0373. The van der Waals surface area contributed by atoms with Gasteiger partial charge in [-0.2, -0.15) is 0 Å². The number of piperidine rings is 1. The standard InChI is InChI=1S/C49H77NO11/c1-32(29-35(4)43(52)45(60-8)44(53)36(5)30-34(3)41(51)25-16-15-23-38-21-13-10-14-22-38)19-11-9-12-20-33(2)42(59-7)31-39-27-26-37(6)49(58,61-39)46(54)47(55)50-28-18-17-24-40(50)48(56)57/h9,11-12,19-20,30,32,34-35,37-40,42,44-45,53,58H,10,13-18,21-29,31H2,1-8H3,(H,56,57)/b12-9+,19-11+,33-20+,36-30+/t32-,34-,35?,37?,39+,40+,42+,44?,45+,49?/m1/s1. The predicted molar refractivity (Wildman–Crippen MR) is 235 cm³/mol. The van der Waals surface area contributed by atoms with Gasteiger partial charge in [-0.25, -0.2) is 4.79 Å². The Morgan fingerprint density at radius 1 is 0.869 bits per heavy atom. The molecule has 0 aromatic rings. The molecule has 2 saturated heterocycles. The molecule has 1 saturated carbocycles. The molecule has 1 aliphatic carbocycles. The number of unbranched alkanes of at least 4 members (excludes halogenated alkanes) is 1. The van der Waals surface area contributed by atoms with Gasteiger partial charge in [-0.3, -0.25) is 19.2 Å². The van der Waals surface area contributed by atoms with Gasteiger partial charge in [-0.15, -0.1) is 0 Å². The average molecular weight is 856 g/mol. The number of nitrogens with zero attached hydrogens (tertiary/aromatic N) is 1. The number of ketones is 3. The molecule has 0 aromatic heterocycles. The molecule has 3 N–H and O–H groups in total. The molecule has 0 spiro atoms. The fourth-order valence-electron chi connectivity index (χ4n) is 9.25. The van der Waals surface area contributed by atoms with Crippen LogP contribution in [-0.4, -0.2) is 106 Å². The number of allylic oxidation sites excluding steroid dienone is 6. The zero-order valence-electron chi connectivity index (χ0n) is 38.3. The van der Waals surface area contributed by atoms with Crippen molar-refractivity contribution < 1.29 is 53.5 Å². The summed E-state index contributed by atoms with van der Waals surface area (Å²) >= 11 is 0. The zero-order chi connectivity index (χ0) is 45.3. The van der Waals surface area contributed by atoms with E-state index >= 15 is 0 Å². The van der Waals surface area contributed by atoms with Crippen LogP contribution in [0.4, 0.5) is 0 Å². The minimum atomic E-state index is -2.37. The highest BCUT2D eigenvalue weighted by Crippen LogP contribution is 2.36. The molecule has 12 nitrogen and oxygen atoms in total. The first-order valence-corrected chi connectivity index (χ1v) is 22.9. The topological polar surface area (TPSA) is 177 Å². The number of likely N-dealkylation sites (tertiary alicyclic amines) is 1. The summed E-state index contributed by atoms with van der Waals surface area (Å²) in [6.07, 6.45) is 21.8. The Morgan fingerprint density at radius 3 is 2.21 bits per heavy atom. The molecule has 0 aromatic carbocycles. The molecule has 61 heavy (non-hydrogen) atoms. The van der Waals surface area contributed by atoms with Crippen LogP contribution in [-0.2, 0) is 38.2 Å². The van der Waals surface area contributed by atoms with E-state index in [1.165, 1.54) is 45.6 Å². The normalized spacial score (nSPS) is 26.5. The van der Waals surface area contributed by atoms with Crippen molar-refractivity contribution in [3.05, 3.63) is 47.6 Å². The number of amides is 1. The maximum absolute atomic E-state index is 13.5. The zero-order valence-corrected chi connectivity index (χ0v) is 38.3. The largest absolute Gasteiger partial charge is 0.480 e. The molecule has 1 amide bonds. The smallest absolute Gasteiger partial charge is 0.326 e. The first-order valence-electron chi connectivity index (χ1n) is 22.9. The first kappa shape index (κ1) is 52.1. The highest BCUT2D eigenvalue weighted by Gasteiger charge is 2.52. The fourth-order valence-corrected chi connectivity index (χ4v) is 9.25. The second kappa shape index (κ2) is 25.7. The number of carbonyl (C=O) groups excluding carboxylic acids is 4. The van der Waals surface area contributed by atoms with Crippen molar-refractivity contribution >= 4 is 29.2 Å². The number of carbonyl (C=O) groups is 5. The van der Waals surface area contributed by atoms with Crippen molar-refractivity contribution in [1.82, 2.24) is 4.90 Å². The van der Waals surface area contributed by atoms with Crippen LogP contribution >= 0.6 is 0 Å². The maximum atomic E-state index is 13.5. The Labute approximate surface area is 365 Å². The van der Waals surface area contributed by atoms with E-state index in [1.54, 1.807) is 27.0 Å². The lowest BCUT2D eigenvalue weighted by molar-refractivity contribution is -0.265. The van der Waals surface area contributed by atoms with Gasteiger partial charge >= 0.3 is 5.97 Å². The Hall–Kier alpha value is -3.29. The molecule has 0 radical (unpaired) electrons. The van der Waals surface area contributed by atoms with E-state index in [-0.39, 0.29) is 42.3 Å². The summed E-state index contributed by atoms with van der Waals surface area (Å²) in [6.45, 7) is 11.1. The number of hydrogen-bond acceptors (Lipinski definition) is 10. The summed E-state index contributed by atoms with van der Waals surface area (Å²) < 4.78 is 17.2. The third-order valence-corrected chi connectivity index (χ3v) is 13.3. The van der Waals surface area contributed by atoms with Crippen molar-refractivity contribution in [1.29, 1.82) is 0 Å². The van der Waals surface area contributed by atoms with Crippen molar-refractivity contribution in [3.63, 3.8) is 0 Å². The van der Waals surface area contributed by atoms with Crippen LogP contribution < -0.4 is 0 Å². The van der Waals surface area contributed by atoms with E-state index in [1.807, 2.05) is 58.1 Å². The lowest BCUT2D eigenvalue weighted by Gasteiger charge is -2.42. The summed E-state index contributed by atoms with van der Waals surface area (Å²) in [6, 6.07) is -1.11. The predicted octanol–water partition coefficient (Wildman–Crippen LogP) is 7.89. The second-order valence-electron chi connectivity index (χ2n) is 18.3. The number of aliphatic carboxylic acids is 1. The van der Waals surface area contributed by atoms with Gasteiger partial charge < -0.3 is 34.4 Å². The van der Waals surface area contributed by atoms with Crippen LogP contribution in [0.3, 0.4) is 0 Å². The molecule has 344 valence electrons. The molecule has 3 aliphatic rings. The summed E-state index contributed by atoms with van der Waals surface area (Å²) in [5.41, 5.74) is 1.43. The number of aliphatic hydroxyl groups excluding tert-OH is 1. The molecule has 2 heterocycles. The van der Waals surface area contributed by atoms with Crippen LogP contribution in [0, 0.1) is 29.6 Å². The number of carboxylic acids is 1. The van der Waals surface area contributed by atoms with E-state index < -0.39 is 59.8 Å². The van der Waals surface area contributed by atoms with Gasteiger partial charge in [0.2, 0.25) is 5.79 Å². The highest BCUT2D eigenvalue weighted by atomic mass is 16.6. The van der Waals surface area contributed by atoms with E-state index in [2.05, 4.69) is 0 Å². The first-order chi connectivity index (χ1) is 28.9. The van der Waals surface area contributed by atoms with Crippen LogP contribution in [0.25, 0.3) is 0 Å². The van der Waals surface area contributed by atoms with Gasteiger partial charge in [0.1, 0.15) is 24.0 Å². The number of rotatable bonds is 24. The summed E-state index contributed by atoms with van der Waals surface area (Å²) in [7, 11) is 2.99. The molecular weight excluding hydrogens is 779 g/mol. The second-order valence-corrected chi connectivity index (χ2v) is 18.3. The average Bonchev–Trinajstić information content (AvgIpc) is 3.24. The van der Waals surface area contributed by atoms with Gasteiger partial charge in [0.05, 0.1) is 12.2 Å². The van der Waals surface area contributed by atoms with Gasteiger partial charge in [0.15, 0.2) is 5.78 Å². The Balaban J connectivity index is 1.49. The number of methoxy groups -OCH3 is 2. The van der Waals surface area contributed by atoms with Gasteiger partial charge in [-0.1, -0.05) is 109 Å². The van der Waals surface area contributed by atoms with Crippen molar-refractivity contribution in [2.45, 2.75) is 181 Å². The van der Waals surface area contributed by atoms with Crippen molar-refractivity contribution in [2.75, 3.05) is 20.8 Å². The lowest BCUT2D eigenvalue weighted by Crippen LogP contribution is -2.60. The highest BCUT2D eigenvalue weighted by molar-refractivity contribution is 6.39. The summed E-state index contributed by atoms with van der Waals surface area (Å²) in [4.78, 5) is 65.8. The van der Waals surface area contributed by atoms with Gasteiger partial charge in [0.25, 0.3) is 11.7 Å². The molecular formula is C49H77NO11. The molecule has 3 rings (SSSR count). The third-order valence-electron chi connectivity index (χ3n) is 13.3. The molecule has 2 aliphatic heterocycles. The Bertz CT molecular complexity index is 1580. The number of ether oxygens (including phenoxy) is 3. The molecule has 0 bridgehead atoms. The number of carboxylic acid groups (broad SMARTS) is 1. The Kier molecular flexibility index (Phi) is 22.0. The van der Waals surface area contributed by atoms with Gasteiger partial charge in [-0.05, 0) is 81.8 Å². The Morgan fingerprint density at radius 2 is 1.56 bits per heavy atom. The van der Waals surface area contributed by atoms with E-state index in [0.717, 1.165) is 29.2 Å². The summed E-state index contributed by atoms with van der Waals surface area (Å²) in [5.74, 6) is -6.28. The van der Waals surface area contributed by atoms with E-state index in [4.69, 9.17) is 14.2 Å². The molecule has 10 atom stereocenters. The maximum Gasteiger partial charge on any atom is 0.326 e. The number of aliphatic hydroxyl groups is 2. The number of Topliss-reactive ketones (excluding diaryl/α,β-unsaturated/α-hetero) is 3. The van der Waals surface area contributed by atoms with Crippen molar-refractivity contribution in [2.24, 2.45) is 29.6 Å². The minimum Gasteiger partial charge on any atom is -0.480 e. The van der Waals surface area contributed by atoms with Crippen LogP contribution in [0.2, 0.25) is 0 Å². The van der Waals surface area contributed by atoms with Crippen LogP contribution in [0.5, 0.6) is 0 Å². The van der Waals surface area contributed by atoms with Crippen LogP contribution in [0.1, 0.15) is 144 Å². The summed E-state index contributed by atoms with van der Waals surface area (Å²) in [5, 5.41) is 32.2. The van der Waals surface area contributed by atoms with E-state index in [0.29, 0.717) is 50.5 Å². The van der Waals surface area contributed by atoms with E-state index in [9.17, 15) is 39.3 Å². The molecule has 12 heteroatoms. The SMILES string of the molecule is CO[C@@H](C[C@@H]1CCC(C)C(O)(C(=O)C(=O)N2CCCC[C@H]2C(=O)O)O1)/C(C)=C/C=C/C=C/[C@@H](C)CC(C)C(=O)[C@H](OC)C(O)/C(C)=C/[C@@H](C)C(=O)CCCCC1CCCCC1.